The molecule has 0 aliphatic heterocycles. The molecular weight excluding hydrogens is 368 g/mol. The Balaban J connectivity index is 1.75. The lowest BCUT2D eigenvalue weighted by atomic mass is 10.1. The number of aromatic amines is 1. The number of benzene rings is 2. The number of aromatic nitrogens is 1. The Kier molecular flexibility index (Phi) is 5.20. The average Bonchev–Trinajstić information content (AvgIpc) is 3.18. The van der Waals surface area contributed by atoms with Gasteiger partial charge in [-0.15, -0.1) is 0 Å². The van der Waals surface area contributed by atoms with Crippen LogP contribution in [0.1, 0.15) is 29.8 Å². The van der Waals surface area contributed by atoms with Crippen LogP contribution in [-0.4, -0.2) is 56.1 Å². The molecule has 0 atom stereocenters. The standard InChI is InChI=1S/C23H26N2O4/c1-5-27-19-12-15-16(13-20(19)28-6-2)23(26)21-17-11-14(29-10-9-25(3)4)7-8-18(17)24-22(15)21/h7-8,11-13,24H,5-6,9-10H2,1-4H3. The van der Waals surface area contributed by atoms with Gasteiger partial charge in [-0.3, -0.25) is 4.79 Å². The van der Waals surface area contributed by atoms with Gasteiger partial charge in [0.2, 0.25) is 0 Å². The lowest BCUT2D eigenvalue weighted by molar-refractivity contribution is 0.104. The Morgan fingerprint density at radius 2 is 1.62 bits per heavy atom. The summed E-state index contributed by atoms with van der Waals surface area (Å²) in [6.07, 6.45) is 0. The van der Waals surface area contributed by atoms with Gasteiger partial charge in [0.25, 0.3) is 0 Å². The summed E-state index contributed by atoms with van der Waals surface area (Å²) >= 11 is 0. The van der Waals surface area contributed by atoms with Crippen molar-refractivity contribution in [1.82, 2.24) is 9.88 Å². The van der Waals surface area contributed by atoms with Gasteiger partial charge in [0.1, 0.15) is 12.4 Å². The van der Waals surface area contributed by atoms with E-state index in [0.717, 1.165) is 34.5 Å². The molecule has 0 fully saturated rings. The fourth-order valence-corrected chi connectivity index (χ4v) is 3.67. The van der Waals surface area contributed by atoms with Crippen LogP contribution in [0.4, 0.5) is 0 Å². The fourth-order valence-electron chi connectivity index (χ4n) is 3.67. The minimum absolute atomic E-state index is 0.00399. The van der Waals surface area contributed by atoms with E-state index in [9.17, 15) is 4.79 Å². The van der Waals surface area contributed by atoms with Crippen LogP contribution in [0.2, 0.25) is 0 Å². The third-order valence-electron chi connectivity index (χ3n) is 5.00. The van der Waals surface area contributed by atoms with E-state index in [2.05, 4.69) is 9.88 Å². The van der Waals surface area contributed by atoms with Crippen LogP contribution >= 0.6 is 0 Å². The number of carbonyl (C=O) groups excluding carboxylic acids is 1. The van der Waals surface area contributed by atoms with Crippen molar-refractivity contribution in [1.29, 1.82) is 0 Å². The van der Waals surface area contributed by atoms with Crippen molar-refractivity contribution >= 4 is 16.7 Å². The zero-order chi connectivity index (χ0) is 20.5. The Morgan fingerprint density at radius 1 is 0.931 bits per heavy atom. The number of hydrogen-bond donors (Lipinski definition) is 1. The number of carbonyl (C=O) groups is 1. The molecule has 0 amide bonds. The van der Waals surface area contributed by atoms with E-state index in [0.29, 0.717) is 42.4 Å². The lowest BCUT2D eigenvalue weighted by Crippen LogP contribution is -2.19. The summed E-state index contributed by atoms with van der Waals surface area (Å²) < 4.78 is 17.3. The number of H-pyrrole nitrogens is 1. The Morgan fingerprint density at radius 3 is 2.28 bits per heavy atom. The number of nitrogens with one attached hydrogen (secondary N) is 1. The van der Waals surface area contributed by atoms with Gasteiger partial charge < -0.3 is 24.1 Å². The van der Waals surface area contributed by atoms with Crippen LogP contribution < -0.4 is 14.2 Å². The number of fused-ring (bicyclic) bond motifs is 5. The van der Waals surface area contributed by atoms with E-state index in [1.807, 2.05) is 52.2 Å². The van der Waals surface area contributed by atoms with E-state index in [4.69, 9.17) is 14.2 Å². The Hall–Kier alpha value is -2.99. The SMILES string of the molecule is CCOc1cc2c(cc1OCC)-c1[nH]c3ccc(OCCN(C)C)cc3c1C2=O. The highest BCUT2D eigenvalue weighted by atomic mass is 16.5. The minimum atomic E-state index is -0.00399. The summed E-state index contributed by atoms with van der Waals surface area (Å²) in [7, 11) is 4.02. The van der Waals surface area contributed by atoms with Crippen LogP contribution in [-0.2, 0) is 0 Å². The van der Waals surface area contributed by atoms with Crippen LogP contribution in [0.5, 0.6) is 17.2 Å². The monoisotopic (exact) mass is 394 g/mol. The predicted octanol–water partition coefficient (Wildman–Crippen LogP) is 4.12. The van der Waals surface area contributed by atoms with Crippen molar-refractivity contribution < 1.29 is 19.0 Å². The maximum absolute atomic E-state index is 13.2. The summed E-state index contributed by atoms with van der Waals surface area (Å²) in [6.45, 7) is 6.30. The average molecular weight is 394 g/mol. The molecule has 1 aliphatic carbocycles. The molecule has 2 aromatic carbocycles. The van der Waals surface area contributed by atoms with Gasteiger partial charge in [0, 0.05) is 28.6 Å². The number of nitrogens with zero attached hydrogens (tertiary/aromatic N) is 1. The molecule has 0 saturated heterocycles. The van der Waals surface area contributed by atoms with Gasteiger partial charge in [-0.2, -0.15) is 0 Å². The largest absolute Gasteiger partial charge is 0.492 e. The van der Waals surface area contributed by atoms with Crippen molar-refractivity contribution in [3.63, 3.8) is 0 Å². The van der Waals surface area contributed by atoms with E-state index in [1.54, 1.807) is 6.07 Å². The molecule has 0 unspecified atom stereocenters. The summed E-state index contributed by atoms with van der Waals surface area (Å²) in [4.78, 5) is 18.7. The number of ketones is 1. The highest BCUT2D eigenvalue weighted by Crippen LogP contribution is 2.45. The summed E-state index contributed by atoms with van der Waals surface area (Å²) in [6, 6.07) is 9.53. The first-order valence-corrected chi connectivity index (χ1v) is 9.95. The molecule has 0 bridgehead atoms. The van der Waals surface area contributed by atoms with Gasteiger partial charge in [0.15, 0.2) is 17.3 Å². The lowest BCUT2D eigenvalue weighted by Gasteiger charge is -2.13. The van der Waals surface area contributed by atoms with Crippen LogP contribution in [0.15, 0.2) is 30.3 Å². The molecule has 0 spiro atoms. The summed E-state index contributed by atoms with van der Waals surface area (Å²) in [5, 5.41) is 0.875. The van der Waals surface area contributed by atoms with Gasteiger partial charge in [0.05, 0.1) is 24.5 Å². The van der Waals surface area contributed by atoms with Gasteiger partial charge in [-0.1, -0.05) is 0 Å². The first-order chi connectivity index (χ1) is 14.0. The normalized spacial score (nSPS) is 12.4. The van der Waals surface area contributed by atoms with Crippen molar-refractivity contribution in [3.8, 4) is 28.5 Å². The van der Waals surface area contributed by atoms with Crippen molar-refractivity contribution in [3.05, 3.63) is 41.5 Å². The molecule has 1 aliphatic rings. The fraction of sp³-hybridized carbons (Fsp3) is 0.348. The number of rotatable bonds is 8. The first kappa shape index (κ1) is 19.3. The van der Waals surface area contributed by atoms with E-state index < -0.39 is 0 Å². The van der Waals surface area contributed by atoms with E-state index in [1.165, 1.54) is 0 Å². The van der Waals surface area contributed by atoms with Crippen molar-refractivity contribution in [2.75, 3.05) is 40.5 Å². The molecule has 152 valence electrons. The maximum atomic E-state index is 13.2. The number of ether oxygens (including phenoxy) is 3. The number of hydrogen-bond acceptors (Lipinski definition) is 5. The molecule has 1 heterocycles. The predicted molar refractivity (Wildman–Crippen MR) is 114 cm³/mol. The molecule has 6 nitrogen and oxygen atoms in total. The zero-order valence-electron chi connectivity index (χ0n) is 17.3. The quantitative estimate of drug-likeness (QED) is 0.487. The number of likely N-dealkylation sites (N-methyl/N-ethyl adjacent to an activating group) is 1. The second kappa shape index (κ2) is 7.79. The maximum Gasteiger partial charge on any atom is 0.196 e. The molecular formula is C23H26N2O4. The molecule has 29 heavy (non-hydrogen) atoms. The van der Waals surface area contributed by atoms with Gasteiger partial charge in [-0.05, 0) is 58.3 Å². The molecule has 6 heteroatoms. The molecule has 1 aromatic heterocycles. The van der Waals surface area contributed by atoms with E-state index >= 15 is 0 Å². The van der Waals surface area contributed by atoms with Gasteiger partial charge in [-0.25, -0.2) is 0 Å². The summed E-state index contributed by atoms with van der Waals surface area (Å²) in [5.41, 5.74) is 3.92. The topological polar surface area (TPSA) is 63.8 Å². The van der Waals surface area contributed by atoms with E-state index in [-0.39, 0.29) is 5.78 Å². The Labute approximate surface area is 170 Å². The van der Waals surface area contributed by atoms with Crippen molar-refractivity contribution in [2.24, 2.45) is 0 Å². The Bertz CT molecular complexity index is 1070. The highest BCUT2D eigenvalue weighted by molar-refractivity contribution is 6.27. The zero-order valence-corrected chi connectivity index (χ0v) is 17.3. The third kappa shape index (κ3) is 3.44. The smallest absolute Gasteiger partial charge is 0.196 e. The second-order valence-corrected chi connectivity index (χ2v) is 7.27. The molecule has 4 rings (SSSR count). The van der Waals surface area contributed by atoms with Crippen LogP contribution in [0.25, 0.3) is 22.2 Å². The molecule has 0 saturated carbocycles. The molecule has 3 aromatic rings. The molecule has 0 radical (unpaired) electrons. The minimum Gasteiger partial charge on any atom is -0.492 e. The first-order valence-electron chi connectivity index (χ1n) is 9.95. The van der Waals surface area contributed by atoms with Crippen LogP contribution in [0, 0.1) is 0 Å². The van der Waals surface area contributed by atoms with Crippen LogP contribution in [0.3, 0.4) is 0 Å². The summed E-state index contributed by atoms with van der Waals surface area (Å²) in [5.74, 6) is 2.01. The van der Waals surface area contributed by atoms with Crippen molar-refractivity contribution in [2.45, 2.75) is 13.8 Å². The third-order valence-corrected chi connectivity index (χ3v) is 5.00. The van der Waals surface area contributed by atoms with Gasteiger partial charge >= 0.3 is 0 Å². The highest BCUT2D eigenvalue weighted by Gasteiger charge is 2.32. The molecule has 1 N–H and O–H groups in total. The second-order valence-electron chi connectivity index (χ2n) is 7.27.